The minimum atomic E-state index is -3.62. The molecule has 0 amide bonds. The Hall–Kier alpha value is -1.92. The number of sulfonamides is 1. The highest BCUT2D eigenvalue weighted by Crippen LogP contribution is 2.15. The fraction of sp³-hybridized carbons (Fsp3) is 0.294. The average Bonchev–Trinajstić information content (AvgIpc) is 2.47. The highest BCUT2D eigenvalue weighted by Gasteiger charge is 2.14. The van der Waals surface area contributed by atoms with Crippen molar-refractivity contribution in [3.8, 4) is 5.75 Å². The molecule has 4 nitrogen and oxygen atoms in total. The number of hydrogen-bond acceptors (Lipinski definition) is 3. The van der Waals surface area contributed by atoms with Crippen LogP contribution in [0, 0.1) is 5.82 Å². The van der Waals surface area contributed by atoms with E-state index in [1.807, 2.05) is 19.9 Å². The molecule has 0 heterocycles. The molecule has 0 spiro atoms. The number of hydrogen-bond donors (Lipinski definition) is 1. The Kier molecular flexibility index (Phi) is 5.74. The van der Waals surface area contributed by atoms with Gasteiger partial charge >= 0.3 is 0 Å². The van der Waals surface area contributed by atoms with Crippen molar-refractivity contribution < 1.29 is 17.5 Å². The topological polar surface area (TPSA) is 55.4 Å². The van der Waals surface area contributed by atoms with Gasteiger partial charge in [0.05, 0.1) is 11.9 Å². The lowest BCUT2D eigenvalue weighted by Crippen LogP contribution is -2.25. The second-order valence-corrected chi connectivity index (χ2v) is 7.29. The van der Waals surface area contributed by atoms with Crippen LogP contribution in [0.5, 0.6) is 5.75 Å². The lowest BCUT2D eigenvalue weighted by molar-refractivity contribution is 0.242. The van der Waals surface area contributed by atoms with Gasteiger partial charge in [0.2, 0.25) is 10.0 Å². The summed E-state index contributed by atoms with van der Waals surface area (Å²) < 4.78 is 45.8. The Morgan fingerprint density at radius 2 is 1.87 bits per heavy atom. The molecule has 0 aliphatic rings. The summed E-state index contributed by atoms with van der Waals surface area (Å²) in [6, 6.07) is 13.1. The smallest absolute Gasteiger partial charge is 0.216 e. The van der Waals surface area contributed by atoms with E-state index in [9.17, 15) is 12.8 Å². The number of benzene rings is 2. The maximum Gasteiger partial charge on any atom is 0.216 e. The molecule has 2 rings (SSSR count). The average molecular weight is 337 g/mol. The monoisotopic (exact) mass is 337 g/mol. The molecule has 0 aromatic heterocycles. The van der Waals surface area contributed by atoms with Crippen LogP contribution in [0.1, 0.15) is 25.0 Å². The molecule has 2 aromatic carbocycles. The first-order valence-corrected chi connectivity index (χ1v) is 8.97. The van der Waals surface area contributed by atoms with Crippen LogP contribution < -0.4 is 9.46 Å². The van der Waals surface area contributed by atoms with Crippen molar-refractivity contribution in [2.75, 3.05) is 0 Å². The van der Waals surface area contributed by atoms with Crippen LogP contribution in [-0.2, 0) is 22.3 Å². The number of halogens is 1. The summed E-state index contributed by atoms with van der Waals surface area (Å²) in [5, 5.41) is 0. The van der Waals surface area contributed by atoms with E-state index in [1.54, 1.807) is 24.3 Å². The number of ether oxygens (including phenoxy) is 1. The predicted octanol–water partition coefficient (Wildman–Crippen LogP) is 3.23. The molecule has 0 fully saturated rings. The largest absolute Gasteiger partial charge is 0.491 e. The summed E-state index contributed by atoms with van der Waals surface area (Å²) >= 11 is 0. The van der Waals surface area contributed by atoms with Gasteiger partial charge in [-0.25, -0.2) is 17.5 Å². The maximum absolute atomic E-state index is 13.5. The van der Waals surface area contributed by atoms with E-state index in [-0.39, 0.29) is 24.0 Å². The van der Waals surface area contributed by atoms with Crippen LogP contribution in [0.2, 0.25) is 0 Å². The summed E-state index contributed by atoms with van der Waals surface area (Å²) in [7, 11) is -3.62. The van der Waals surface area contributed by atoms with Crippen LogP contribution >= 0.6 is 0 Å². The fourth-order valence-electron chi connectivity index (χ4n) is 2.07. The molecule has 1 N–H and O–H groups in total. The molecule has 0 aliphatic carbocycles. The van der Waals surface area contributed by atoms with E-state index in [4.69, 9.17) is 4.74 Å². The van der Waals surface area contributed by atoms with Gasteiger partial charge in [-0.3, -0.25) is 0 Å². The Morgan fingerprint density at radius 3 is 2.57 bits per heavy atom. The van der Waals surface area contributed by atoms with Crippen molar-refractivity contribution in [1.82, 2.24) is 4.72 Å². The highest BCUT2D eigenvalue weighted by molar-refractivity contribution is 7.88. The molecular weight excluding hydrogens is 317 g/mol. The summed E-state index contributed by atoms with van der Waals surface area (Å²) in [6.45, 7) is 3.97. The summed E-state index contributed by atoms with van der Waals surface area (Å²) in [4.78, 5) is 0. The maximum atomic E-state index is 13.5. The van der Waals surface area contributed by atoms with E-state index >= 15 is 0 Å². The second-order valence-electron chi connectivity index (χ2n) is 5.49. The zero-order valence-corrected chi connectivity index (χ0v) is 13.9. The van der Waals surface area contributed by atoms with Gasteiger partial charge in [-0.15, -0.1) is 0 Å². The van der Waals surface area contributed by atoms with Crippen molar-refractivity contribution >= 4 is 10.0 Å². The molecule has 0 aliphatic heterocycles. The van der Waals surface area contributed by atoms with E-state index in [0.717, 1.165) is 5.56 Å². The van der Waals surface area contributed by atoms with E-state index in [2.05, 4.69) is 4.72 Å². The molecule has 0 unspecified atom stereocenters. The van der Waals surface area contributed by atoms with E-state index in [1.165, 1.54) is 18.2 Å². The molecule has 0 saturated heterocycles. The van der Waals surface area contributed by atoms with Gasteiger partial charge in [0.1, 0.15) is 11.6 Å². The van der Waals surface area contributed by atoms with Gasteiger partial charge in [-0.05, 0) is 37.6 Å². The first-order valence-electron chi connectivity index (χ1n) is 7.32. The molecule has 23 heavy (non-hydrogen) atoms. The van der Waals surface area contributed by atoms with Crippen molar-refractivity contribution in [3.63, 3.8) is 0 Å². The van der Waals surface area contributed by atoms with E-state index in [0.29, 0.717) is 5.75 Å². The van der Waals surface area contributed by atoms with Crippen LogP contribution in [0.3, 0.4) is 0 Å². The van der Waals surface area contributed by atoms with Crippen LogP contribution in [0.4, 0.5) is 4.39 Å². The molecule has 0 bridgehead atoms. The standard InChI is InChI=1S/C17H20FNO3S/c1-13(2)22-16-8-5-6-14(10-16)11-19-23(20,21)12-15-7-3-4-9-17(15)18/h3-10,13,19H,11-12H2,1-2H3. The van der Waals surface area contributed by atoms with Gasteiger partial charge in [-0.2, -0.15) is 0 Å². The van der Waals surface area contributed by atoms with Crippen molar-refractivity contribution in [1.29, 1.82) is 0 Å². The van der Waals surface area contributed by atoms with Gasteiger partial charge in [0.15, 0.2) is 0 Å². The minimum Gasteiger partial charge on any atom is -0.491 e. The SMILES string of the molecule is CC(C)Oc1cccc(CNS(=O)(=O)Cc2ccccc2F)c1. The highest BCUT2D eigenvalue weighted by atomic mass is 32.2. The molecule has 0 radical (unpaired) electrons. The van der Waals surface area contributed by atoms with Crippen molar-refractivity contribution in [2.45, 2.75) is 32.2 Å². The first-order chi connectivity index (χ1) is 10.9. The summed E-state index contributed by atoms with van der Waals surface area (Å²) in [5.74, 6) is -0.224. The fourth-order valence-corrected chi connectivity index (χ4v) is 3.20. The lowest BCUT2D eigenvalue weighted by atomic mass is 10.2. The molecule has 2 aromatic rings. The molecule has 0 atom stereocenters. The quantitative estimate of drug-likeness (QED) is 0.844. The zero-order valence-electron chi connectivity index (χ0n) is 13.1. The van der Waals surface area contributed by atoms with Crippen LogP contribution in [0.25, 0.3) is 0 Å². The van der Waals surface area contributed by atoms with Gasteiger partial charge < -0.3 is 4.74 Å². The Balaban J connectivity index is 2.01. The molecular formula is C17H20FNO3S. The van der Waals surface area contributed by atoms with Gasteiger partial charge in [-0.1, -0.05) is 30.3 Å². The molecule has 0 saturated carbocycles. The third-order valence-corrected chi connectivity index (χ3v) is 4.35. The predicted molar refractivity (Wildman–Crippen MR) is 88.1 cm³/mol. The number of nitrogens with one attached hydrogen (secondary N) is 1. The zero-order chi connectivity index (χ0) is 16.9. The molecule has 6 heteroatoms. The first kappa shape index (κ1) is 17.4. The third kappa shape index (κ3) is 5.65. The Morgan fingerprint density at radius 1 is 1.13 bits per heavy atom. The third-order valence-electron chi connectivity index (χ3n) is 3.07. The van der Waals surface area contributed by atoms with Crippen molar-refractivity contribution in [2.24, 2.45) is 0 Å². The van der Waals surface area contributed by atoms with Gasteiger partial charge in [0, 0.05) is 12.1 Å². The Labute approximate surface area is 136 Å². The Bertz CT molecular complexity index is 760. The lowest BCUT2D eigenvalue weighted by Gasteiger charge is -2.11. The van der Waals surface area contributed by atoms with Crippen LogP contribution in [0.15, 0.2) is 48.5 Å². The summed E-state index contributed by atoms with van der Waals surface area (Å²) in [5.41, 5.74) is 0.928. The molecule has 124 valence electrons. The summed E-state index contributed by atoms with van der Waals surface area (Å²) in [6.07, 6.45) is 0.0444. The second kappa shape index (κ2) is 7.57. The number of rotatable bonds is 7. The van der Waals surface area contributed by atoms with Gasteiger partial charge in [0.25, 0.3) is 0 Å². The normalized spacial score (nSPS) is 11.7. The van der Waals surface area contributed by atoms with Crippen molar-refractivity contribution in [3.05, 3.63) is 65.5 Å². The van der Waals surface area contributed by atoms with E-state index < -0.39 is 15.8 Å². The minimum absolute atomic E-state index is 0.0444. The van der Waals surface area contributed by atoms with Crippen LogP contribution in [-0.4, -0.2) is 14.5 Å².